The molecule has 1 aliphatic heterocycles. The summed E-state index contributed by atoms with van der Waals surface area (Å²) in [4.78, 5) is 21.4. The summed E-state index contributed by atoms with van der Waals surface area (Å²) in [5.41, 5.74) is 4.29. The van der Waals surface area contributed by atoms with Crippen LogP contribution >= 0.6 is 11.3 Å². The number of rotatable bonds is 8. The zero-order chi connectivity index (χ0) is 23.3. The zero-order valence-corrected chi connectivity index (χ0v) is 19.9. The van der Waals surface area contributed by atoms with Crippen molar-refractivity contribution in [2.24, 2.45) is 0 Å². The minimum absolute atomic E-state index is 0.0194. The van der Waals surface area contributed by atoms with E-state index in [0.717, 1.165) is 30.8 Å². The van der Waals surface area contributed by atoms with Crippen molar-refractivity contribution >= 4 is 21.6 Å². The van der Waals surface area contributed by atoms with Crippen LogP contribution in [-0.2, 0) is 26.2 Å². The first kappa shape index (κ1) is 22.5. The van der Waals surface area contributed by atoms with Gasteiger partial charge in [0.1, 0.15) is 17.2 Å². The smallest absolute Gasteiger partial charge is 0.263 e. The first-order valence-electron chi connectivity index (χ1n) is 11.7. The highest BCUT2D eigenvalue weighted by atomic mass is 32.1. The van der Waals surface area contributed by atoms with Crippen LogP contribution in [0.4, 0.5) is 0 Å². The molecule has 172 valence electrons. The Morgan fingerprint density at radius 2 is 1.74 bits per heavy atom. The first-order valence-corrected chi connectivity index (χ1v) is 12.6. The molecule has 2 aromatic heterocycles. The number of nitrogens with one attached hydrogen (secondary N) is 1. The van der Waals surface area contributed by atoms with Gasteiger partial charge in [-0.05, 0) is 42.6 Å². The molecule has 1 saturated heterocycles. The molecule has 4 aromatic rings. The molecule has 0 atom stereocenters. The zero-order valence-electron chi connectivity index (χ0n) is 19.0. The van der Waals surface area contributed by atoms with Crippen molar-refractivity contribution in [3.8, 4) is 17.2 Å². The molecule has 6 nitrogen and oxygen atoms in total. The van der Waals surface area contributed by atoms with Gasteiger partial charge in [0.05, 0.1) is 18.0 Å². The third-order valence-electron chi connectivity index (χ3n) is 6.40. The van der Waals surface area contributed by atoms with E-state index in [2.05, 4.69) is 40.6 Å². The number of aromatic nitrogens is 2. The molecule has 0 radical (unpaired) electrons. The molecule has 0 aliphatic carbocycles. The second-order valence-corrected chi connectivity index (χ2v) is 9.49. The van der Waals surface area contributed by atoms with E-state index in [4.69, 9.17) is 4.98 Å². The van der Waals surface area contributed by atoms with Crippen LogP contribution in [0, 0.1) is 11.3 Å². The fourth-order valence-corrected chi connectivity index (χ4v) is 5.60. The van der Waals surface area contributed by atoms with Crippen molar-refractivity contribution in [1.82, 2.24) is 19.8 Å². The van der Waals surface area contributed by atoms with Crippen molar-refractivity contribution in [2.45, 2.75) is 39.0 Å². The molecule has 3 heterocycles. The first-order chi connectivity index (χ1) is 16.7. The predicted molar refractivity (Wildman–Crippen MR) is 136 cm³/mol. The van der Waals surface area contributed by atoms with E-state index in [1.165, 1.54) is 39.9 Å². The number of fused-ring (bicyclic) bond motifs is 1. The summed E-state index contributed by atoms with van der Waals surface area (Å²) in [6.07, 6.45) is 2.55. The summed E-state index contributed by atoms with van der Waals surface area (Å²) in [5.74, 6) is 0.595. The standard InChI is InChI=1S/C27H27N5OS/c28-12-15-32-24(17-29-16-21-10-4-5-11-22(21)18-31-13-6-7-14-31)30-26-25(27(32)33)23(19-34-26)20-8-2-1-3-9-20/h1-5,8-11,19,29H,6-7,13-18H2. The van der Waals surface area contributed by atoms with Crippen molar-refractivity contribution in [1.29, 1.82) is 5.26 Å². The van der Waals surface area contributed by atoms with E-state index >= 15 is 0 Å². The van der Waals surface area contributed by atoms with Crippen LogP contribution in [0.2, 0.25) is 0 Å². The van der Waals surface area contributed by atoms with E-state index < -0.39 is 0 Å². The van der Waals surface area contributed by atoms with Crippen molar-refractivity contribution in [3.05, 3.63) is 87.3 Å². The molecule has 0 bridgehead atoms. The van der Waals surface area contributed by atoms with Crippen LogP contribution in [-0.4, -0.2) is 27.5 Å². The molecular weight excluding hydrogens is 442 g/mol. The van der Waals surface area contributed by atoms with Gasteiger partial charge in [0.2, 0.25) is 0 Å². The minimum Gasteiger partial charge on any atom is -0.306 e. The van der Waals surface area contributed by atoms with Gasteiger partial charge in [-0.1, -0.05) is 54.6 Å². The lowest BCUT2D eigenvalue weighted by Gasteiger charge is -2.18. The Morgan fingerprint density at radius 1 is 1.00 bits per heavy atom. The SMILES string of the molecule is N#CCn1c(CNCc2ccccc2CN2CCCC2)nc2scc(-c3ccccc3)c2c1=O. The maximum Gasteiger partial charge on any atom is 0.263 e. The summed E-state index contributed by atoms with van der Waals surface area (Å²) in [6.45, 7) is 4.39. The van der Waals surface area contributed by atoms with Crippen molar-refractivity contribution < 1.29 is 0 Å². The summed E-state index contributed by atoms with van der Waals surface area (Å²) >= 11 is 1.47. The Labute approximate surface area is 203 Å². The van der Waals surface area contributed by atoms with Gasteiger partial charge >= 0.3 is 0 Å². The largest absolute Gasteiger partial charge is 0.306 e. The van der Waals surface area contributed by atoms with Gasteiger partial charge in [-0.2, -0.15) is 5.26 Å². The summed E-state index contributed by atoms with van der Waals surface area (Å²) < 4.78 is 1.50. The van der Waals surface area contributed by atoms with Crippen LogP contribution < -0.4 is 10.9 Å². The number of likely N-dealkylation sites (tertiary alicyclic amines) is 1. The van der Waals surface area contributed by atoms with Gasteiger partial charge in [-0.3, -0.25) is 14.3 Å². The topological polar surface area (TPSA) is 74.0 Å². The molecule has 2 aromatic carbocycles. The molecule has 34 heavy (non-hydrogen) atoms. The lowest BCUT2D eigenvalue weighted by molar-refractivity contribution is 0.330. The number of hydrogen-bond donors (Lipinski definition) is 1. The fraction of sp³-hybridized carbons (Fsp3) is 0.296. The number of nitrogens with zero attached hydrogens (tertiary/aromatic N) is 4. The van der Waals surface area contributed by atoms with Gasteiger partial charge in [-0.25, -0.2) is 4.98 Å². The van der Waals surface area contributed by atoms with Crippen LogP contribution in [0.1, 0.15) is 29.8 Å². The Balaban J connectivity index is 1.39. The monoisotopic (exact) mass is 469 g/mol. The highest BCUT2D eigenvalue weighted by Crippen LogP contribution is 2.30. The lowest BCUT2D eigenvalue weighted by atomic mass is 10.1. The second-order valence-electron chi connectivity index (χ2n) is 8.63. The van der Waals surface area contributed by atoms with E-state index in [1.807, 2.05) is 35.7 Å². The summed E-state index contributed by atoms with van der Waals surface area (Å²) in [5, 5.41) is 15.4. The predicted octanol–water partition coefficient (Wildman–Crippen LogP) is 4.53. The summed E-state index contributed by atoms with van der Waals surface area (Å²) in [7, 11) is 0. The van der Waals surface area contributed by atoms with E-state index in [0.29, 0.717) is 29.1 Å². The normalized spacial score (nSPS) is 14.0. The van der Waals surface area contributed by atoms with Gasteiger partial charge in [0.25, 0.3) is 5.56 Å². The number of benzene rings is 2. The van der Waals surface area contributed by atoms with Crippen molar-refractivity contribution in [3.63, 3.8) is 0 Å². The maximum atomic E-state index is 13.4. The lowest BCUT2D eigenvalue weighted by Crippen LogP contribution is -2.28. The number of hydrogen-bond acceptors (Lipinski definition) is 6. The van der Waals surface area contributed by atoms with Crippen molar-refractivity contribution in [2.75, 3.05) is 13.1 Å². The van der Waals surface area contributed by atoms with Gasteiger partial charge < -0.3 is 5.32 Å². The molecule has 1 fully saturated rings. The average Bonchev–Trinajstić information content (AvgIpc) is 3.53. The highest BCUT2D eigenvalue weighted by Gasteiger charge is 2.17. The molecule has 0 unspecified atom stereocenters. The molecule has 7 heteroatoms. The van der Waals surface area contributed by atoms with Gasteiger partial charge in [0, 0.05) is 24.0 Å². The quantitative estimate of drug-likeness (QED) is 0.410. The molecule has 5 rings (SSSR count). The number of nitriles is 1. The van der Waals surface area contributed by atoms with Crippen LogP contribution in [0.25, 0.3) is 21.3 Å². The maximum absolute atomic E-state index is 13.4. The van der Waals surface area contributed by atoms with Crippen LogP contribution in [0.3, 0.4) is 0 Å². The molecule has 1 N–H and O–H groups in total. The summed E-state index contributed by atoms with van der Waals surface area (Å²) in [6, 6.07) is 20.5. The number of thiophene rings is 1. The molecule has 0 amide bonds. The molecule has 0 saturated carbocycles. The van der Waals surface area contributed by atoms with Gasteiger partial charge in [0.15, 0.2) is 0 Å². The van der Waals surface area contributed by atoms with E-state index in [9.17, 15) is 10.1 Å². The van der Waals surface area contributed by atoms with Crippen LogP contribution in [0.15, 0.2) is 64.8 Å². The average molecular weight is 470 g/mol. The van der Waals surface area contributed by atoms with Crippen LogP contribution in [0.5, 0.6) is 0 Å². The van der Waals surface area contributed by atoms with E-state index in [-0.39, 0.29) is 12.1 Å². The Bertz CT molecular complexity index is 1380. The minimum atomic E-state index is -0.155. The molecule has 1 aliphatic rings. The Kier molecular flexibility index (Phi) is 6.82. The van der Waals surface area contributed by atoms with Gasteiger partial charge in [-0.15, -0.1) is 11.3 Å². The third kappa shape index (κ3) is 4.66. The fourth-order valence-electron chi connectivity index (χ4n) is 4.64. The highest BCUT2D eigenvalue weighted by molar-refractivity contribution is 7.17. The Hall–Kier alpha value is -3.31. The third-order valence-corrected chi connectivity index (χ3v) is 7.27. The second kappa shape index (κ2) is 10.3. The molecule has 0 spiro atoms. The van der Waals surface area contributed by atoms with E-state index in [1.54, 1.807) is 0 Å². The molecular formula is C27H27N5OS. The Morgan fingerprint density at radius 3 is 2.50 bits per heavy atom.